The first-order valence-electron chi connectivity index (χ1n) is 10.6. The molecule has 1 saturated heterocycles. The second kappa shape index (κ2) is 9.08. The van der Waals surface area contributed by atoms with E-state index in [0.29, 0.717) is 11.3 Å². The number of pyridine rings is 1. The van der Waals surface area contributed by atoms with Crippen LogP contribution in [0.25, 0.3) is 12.2 Å². The Kier molecular flexibility index (Phi) is 6.04. The molecule has 7 nitrogen and oxygen atoms in total. The van der Waals surface area contributed by atoms with Gasteiger partial charge in [-0.2, -0.15) is 0 Å². The molecule has 1 aliphatic rings. The van der Waals surface area contributed by atoms with Gasteiger partial charge in [0.05, 0.1) is 5.69 Å². The smallest absolute Gasteiger partial charge is 0.325 e. The first-order chi connectivity index (χ1) is 15.8. The van der Waals surface area contributed by atoms with Gasteiger partial charge in [0, 0.05) is 11.9 Å². The number of carbonyl (C=O) groups is 3. The van der Waals surface area contributed by atoms with Gasteiger partial charge < -0.3 is 10.6 Å². The van der Waals surface area contributed by atoms with Gasteiger partial charge in [-0.25, -0.2) is 4.79 Å². The van der Waals surface area contributed by atoms with E-state index in [4.69, 9.17) is 0 Å². The van der Waals surface area contributed by atoms with Gasteiger partial charge in [0.25, 0.3) is 5.91 Å². The number of urea groups is 1. The topological polar surface area (TPSA) is 91.4 Å². The lowest BCUT2D eigenvalue weighted by molar-refractivity contribution is -0.133. The fourth-order valence-corrected chi connectivity index (χ4v) is 3.64. The van der Waals surface area contributed by atoms with Crippen molar-refractivity contribution >= 4 is 35.7 Å². The van der Waals surface area contributed by atoms with Crippen molar-refractivity contribution in [3.05, 3.63) is 95.3 Å². The lowest BCUT2D eigenvalue weighted by atomic mass is 9.91. The molecular weight excluding hydrogens is 416 g/mol. The van der Waals surface area contributed by atoms with Crippen LogP contribution in [0, 0.1) is 6.92 Å². The van der Waals surface area contributed by atoms with Crippen LogP contribution in [-0.4, -0.2) is 34.3 Å². The molecule has 1 atom stereocenters. The fourth-order valence-electron chi connectivity index (χ4n) is 3.64. The zero-order valence-electron chi connectivity index (χ0n) is 18.4. The van der Waals surface area contributed by atoms with E-state index < -0.39 is 23.4 Å². The van der Waals surface area contributed by atoms with Crippen molar-refractivity contribution in [2.45, 2.75) is 19.4 Å². The number of nitrogens with zero attached hydrogens (tertiary/aromatic N) is 2. The molecule has 1 aliphatic heterocycles. The van der Waals surface area contributed by atoms with Crippen LogP contribution in [-0.2, 0) is 15.1 Å². The molecule has 1 aromatic heterocycles. The summed E-state index contributed by atoms with van der Waals surface area (Å²) < 4.78 is 0. The van der Waals surface area contributed by atoms with Crippen molar-refractivity contribution in [1.82, 2.24) is 15.2 Å². The number of imide groups is 1. The van der Waals surface area contributed by atoms with Crippen molar-refractivity contribution in [2.24, 2.45) is 0 Å². The molecule has 166 valence electrons. The molecule has 0 saturated carbocycles. The Labute approximate surface area is 192 Å². The molecule has 0 spiro atoms. The highest BCUT2D eigenvalue weighted by Gasteiger charge is 2.49. The number of aryl methyl sites for hydroxylation is 1. The van der Waals surface area contributed by atoms with Gasteiger partial charge in [0.2, 0.25) is 5.91 Å². The SMILES string of the molecule is Cc1ccc(C2(C)NC(=O)N(CC(=O)Nc3cccc(C=Cc4ccccn4)c3)C2=O)cc1. The maximum Gasteiger partial charge on any atom is 0.325 e. The summed E-state index contributed by atoms with van der Waals surface area (Å²) in [6, 6.07) is 19.7. The van der Waals surface area contributed by atoms with Gasteiger partial charge in [-0.3, -0.25) is 19.5 Å². The number of benzene rings is 2. The third-order valence-corrected chi connectivity index (χ3v) is 5.51. The quantitative estimate of drug-likeness (QED) is 0.568. The summed E-state index contributed by atoms with van der Waals surface area (Å²) in [7, 11) is 0. The highest BCUT2D eigenvalue weighted by atomic mass is 16.2. The Morgan fingerprint density at radius 2 is 1.85 bits per heavy atom. The van der Waals surface area contributed by atoms with E-state index in [1.807, 2.05) is 61.5 Å². The molecule has 3 aromatic rings. The van der Waals surface area contributed by atoms with Crippen LogP contribution in [0.2, 0.25) is 0 Å². The summed E-state index contributed by atoms with van der Waals surface area (Å²) in [4.78, 5) is 43.3. The second-order valence-corrected chi connectivity index (χ2v) is 8.07. The Hall–Kier alpha value is -4.26. The minimum Gasteiger partial charge on any atom is -0.325 e. The average molecular weight is 441 g/mol. The van der Waals surface area contributed by atoms with Gasteiger partial charge in [-0.1, -0.05) is 54.1 Å². The van der Waals surface area contributed by atoms with Crippen molar-refractivity contribution in [2.75, 3.05) is 11.9 Å². The number of anilines is 1. The predicted molar refractivity (Wildman–Crippen MR) is 127 cm³/mol. The van der Waals surface area contributed by atoms with Gasteiger partial charge in [0.15, 0.2) is 0 Å². The third-order valence-electron chi connectivity index (χ3n) is 5.51. The molecule has 4 amide bonds. The molecule has 1 fully saturated rings. The van der Waals surface area contributed by atoms with E-state index in [9.17, 15) is 14.4 Å². The maximum absolute atomic E-state index is 13.0. The monoisotopic (exact) mass is 440 g/mol. The molecule has 2 aromatic carbocycles. The zero-order chi connectivity index (χ0) is 23.4. The van der Waals surface area contributed by atoms with Crippen molar-refractivity contribution in [3.63, 3.8) is 0 Å². The fraction of sp³-hybridized carbons (Fsp3) is 0.154. The summed E-state index contributed by atoms with van der Waals surface area (Å²) >= 11 is 0. The van der Waals surface area contributed by atoms with Crippen LogP contribution < -0.4 is 10.6 Å². The molecular formula is C26H24N4O3. The minimum atomic E-state index is -1.21. The number of carbonyl (C=O) groups excluding carboxylic acids is 3. The summed E-state index contributed by atoms with van der Waals surface area (Å²) in [6.45, 7) is 3.22. The van der Waals surface area contributed by atoms with E-state index in [1.165, 1.54) is 0 Å². The predicted octanol–water partition coefficient (Wildman–Crippen LogP) is 3.97. The van der Waals surface area contributed by atoms with Crippen LogP contribution >= 0.6 is 0 Å². The first-order valence-corrected chi connectivity index (χ1v) is 10.6. The highest BCUT2D eigenvalue weighted by molar-refractivity contribution is 6.10. The number of rotatable bonds is 6. The second-order valence-electron chi connectivity index (χ2n) is 8.07. The van der Waals surface area contributed by atoms with Crippen LogP contribution in [0.5, 0.6) is 0 Å². The lowest BCUT2D eigenvalue weighted by Crippen LogP contribution is -2.42. The van der Waals surface area contributed by atoms with E-state index in [1.54, 1.807) is 37.4 Å². The Bertz CT molecular complexity index is 1220. The first kappa shape index (κ1) is 22.0. The van der Waals surface area contributed by atoms with Crippen LogP contribution in [0.15, 0.2) is 72.9 Å². The van der Waals surface area contributed by atoms with E-state index in [2.05, 4.69) is 15.6 Å². The minimum absolute atomic E-state index is 0.375. The molecule has 4 rings (SSSR count). The molecule has 0 aliphatic carbocycles. The number of hydrogen-bond acceptors (Lipinski definition) is 4. The number of aromatic nitrogens is 1. The number of hydrogen-bond donors (Lipinski definition) is 2. The van der Waals surface area contributed by atoms with Crippen LogP contribution in [0.1, 0.15) is 29.3 Å². The molecule has 0 bridgehead atoms. The van der Waals surface area contributed by atoms with E-state index >= 15 is 0 Å². The van der Waals surface area contributed by atoms with Crippen molar-refractivity contribution in [1.29, 1.82) is 0 Å². The average Bonchev–Trinajstić information content (AvgIpc) is 3.03. The molecule has 2 heterocycles. The lowest BCUT2D eigenvalue weighted by Gasteiger charge is -2.22. The third kappa shape index (κ3) is 4.82. The Balaban J connectivity index is 1.42. The van der Waals surface area contributed by atoms with Gasteiger partial charge in [-0.05, 0) is 55.3 Å². The Morgan fingerprint density at radius 1 is 1.06 bits per heavy atom. The van der Waals surface area contributed by atoms with Gasteiger partial charge in [-0.15, -0.1) is 0 Å². The highest BCUT2D eigenvalue weighted by Crippen LogP contribution is 2.29. The largest absolute Gasteiger partial charge is 0.325 e. The Morgan fingerprint density at radius 3 is 2.58 bits per heavy atom. The maximum atomic E-state index is 13.0. The van der Waals surface area contributed by atoms with Crippen molar-refractivity contribution in [3.8, 4) is 0 Å². The molecule has 0 radical (unpaired) electrons. The number of nitrogens with one attached hydrogen (secondary N) is 2. The zero-order valence-corrected chi connectivity index (χ0v) is 18.4. The molecule has 33 heavy (non-hydrogen) atoms. The van der Waals surface area contributed by atoms with Gasteiger partial charge >= 0.3 is 6.03 Å². The van der Waals surface area contributed by atoms with Crippen LogP contribution in [0.3, 0.4) is 0 Å². The molecule has 2 N–H and O–H groups in total. The summed E-state index contributed by atoms with van der Waals surface area (Å²) in [5.41, 5.74) is 2.77. The number of amides is 4. The van der Waals surface area contributed by atoms with Crippen molar-refractivity contribution < 1.29 is 14.4 Å². The van der Waals surface area contributed by atoms with Crippen LogP contribution in [0.4, 0.5) is 10.5 Å². The van der Waals surface area contributed by atoms with E-state index in [-0.39, 0.29) is 6.54 Å². The summed E-state index contributed by atoms with van der Waals surface area (Å²) in [5, 5.41) is 5.48. The normalized spacial score (nSPS) is 17.9. The van der Waals surface area contributed by atoms with Gasteiger partial charge in [0.1, 0.15) is 12.1 Å². The van der Waals surface area contributed by atoms with E-state index in [0.717, 1.165) is 21.7 Å². The summed E-state index contributed by atoms with van der Waals surface area (Å²) in [6.07, 6.45) is 5.48. The standard InChI is InChI=1S/C26H24N4O3/c1-18-9-12-20(13-10-18)26(2)24(32)30(25(33)29-26)17-23(31)28-22-8-5-6-19(16-22)11-14-21-7-3-4-15-27-21/h3-16H,17H2,1-2H3,(H,28,31)(H,29,33). The molecule has 7 heteroatoms. The molecule has 1 unspecified atom stereocenters. The summed E-state index contributed by atoms with van der Waals surface area (Å²) in [5.74, 6) is -0.920.